The van der Waals surface area contributed by atoms with Crippen LogP contribution in [0.1, 0.15) is 11.1 Å². The molecule has 7 heteroatoms. The highest BCUT2D eigenvalue weighted by atomic mass is 32.1. The van der Waals surface area contributed by atoms with Crippen molar-refractivity contribution in [3.05, 3.63) is 45.7 Å². The molecule has 1 N–H and O–H groups in total. The molecule has 0 saturated carbocycles. The van der Waals surface area contributed by atoms with Gasteiger partial charge in [0.15, 0.2) is 0 Å². The Morgan fingerprint density at radius 2 is 2.22 bits per heavy atom. The van der Waals surface area contributed by atoms with Gasteiger partial charge in [-0.2, -0.15) is 0 Å². The van der Waals surface area contributed by atoms with Crippen molar-refractivity contribution in [1.82, 2.24) is 4.57 Å². The van der Waals surface area contributed by atoms with Crippen molar-refractivity contribution in [2.45, 2.75) is 26.0 Å². The number of aromatic nitrogens is 1. The molecule has 6 nitrogen and oxygen atoms in total. The fourth-order valence-corrected chi connectivity index (χ4v) is 3.92. The highest BCUT2D eigenvalue weighted by Crippen LogP contribution is 2.35. The van der Waals surface area contributed by atoms with Gasteiger partial charge < -0.3 is 24.1 Å². The molecule has 0 unspecified atom stereocenters. The lowest BCUT2D eigenvalue weighted by Gasteiger charge is -2.27. The van der Waals surface area contributed by atoms with Gasteiger partial charge in [-0.25, -0.2) is 0 Å². The molecule has 0 amide bonds. The van der Waals surface area contributed by atoms with Crippen molar-refractivity contribution in [2.75, 3.05) is 37.6 Å². The number of ether oxygens (including phenoxy) is 3. The SMILES string of the molecule is Cc1c(NC[C@H]2COCCO2)cc(=O)n2c1-c1cc(OCS)ccc1CC2. The molecule has 0 bridgehead atoms. The summed E-state index contributed by atoms with van der Waals surface area (Å²) in [5, 5.41) is 3.38. The third kappa shape index (κ3) is 3.72. The Labute approximate surface area is 163 Å². The zero-order valence-corrected chi connectivity index (χ0v) is 16.3. The largest absolute Gasteiger partial charge is 0.483 e. The van der Waals surface area contributed by atoms with Gasteiger partial charge in [-0.05, 0) is 36.6 Å². The number of hydrogen-bond acceptors (Lipinski definition) is 6. The van der Waals surface area contributed by atoms with E-state index in [-0.39, 0.29) is 11.7 Å². The number of anilines is 1. The van der Waals surface area contributed by atoms with E-state index in [9.17, 15) is 4.79 Å². The number of aryl methyl sites for hydroxylation is 1. The molecule has 2 aliphatic rings. The molecule has 2 aliphatic heterocycles. The summed E-state index contributed by atoms with van der Waals surface area (Å²) in [5.74, 6) is 1.07. The van der Waals surface area contributed by atoms with Crippen LogP contribution in [-0.4, -0.2) is 43.0 Å². The summed E-state index contributed by atoms with van der Waals surface area (Å²) >= 11 is 4.14. The van der Waals surface area contributed by atoms with Gasteiger partial charge in [-0.3, -0.25) is 4.79 Å². The molecule has 2 aromatic rings. The summed E-state index contributed by atoms with van der Waals surface area (Å²) < 4.78 is 18.5. The Bertz CT molecular complexity index is 890. The Kier molecular flexibility index (Phi) is 5.43. The second kappa shape index (κ2) is 7.96. The van der Waals surface area contributed by atoms with E-state index in [2.05, 4.69) is 24.0 Å². The molecule has 0 aliphatic carbocycles. The molecular weight excluding hydrogens is 364 g/mol. The first-order valence-electron chi connectivity index (χ1n) is 9.22. The summed E-state index contributed by atoms with van der Waals surface area (Å²) in [6.45, 7) is 5.17. The maximum Gasteiger partial charge on any atom is 0.253 e. The van der Waals surface area contributed by atoms with E-state index in [1.54, 1.807) is 6.07 Å². The molecule has 144 valence electrons. The van der Waals surface area contributed by atoms with Crippen LogP contribution >= 0.6 is 12.6 Å². The third-order valence-corrected chi connectivity index (χ3v) is 5.27. The van der Waals surface area contributed by atoms with E-state index in [1.165, 1.54) is 5.56 Å². The van der Waals surface area contributed by atoms with Crippen LogP contribution < -0.4 is 15.6 Å². The van der Waals surface area contributed by atoms with Gasteiger partial charge in [0.1, 0.15) is 11.7 Å². The molecular formula is C20H24N2O4S. The van der Waals surface area contributed by atoms with Crippen LogP contribution in [0.2, 0.25) is 0 Å². The van der Waals surface area contributed by atoms with Crippen molar-refractivity contribution in [3.8, 4) is 17.0 Å². The van der Waals surface area contributed by atoms with Gasteiger partial charge >= 0.3 is 0 Å². The number of benzene rings is 1. The molecule has 1 aromatic carbocycles. The van der Waals surface area contributed by atoms with Gasteiger partial charge in [0.25, 0.3) is 5.56 Å². The monoisotopic (exact) mass is 388 g/mol. The van der Waals surface area contributed by atoms with Crippen LogP contribution in [0, 0.1) is 6.92 Å². The molecule has 27 heavy (non-hydrogen) atoms. The molecule has 1 aromatic heterocycles. The first kappa shape index (κ1) is 18.4. The Morgan fingerprint density at radius 1 is 1.33 bits per heavy atom. The molecule has 1 saturated heterocycles. The van der Waals surface area contributed by atoms with Crippen LogP contribution in [0.5, 0.6) is 5.75 Å². The van der Waals surface area contributed by atoms with Crippen molar-refractivity contribution >= 4 is 18.3 Å². The van der Waals surface area contributed by atoms with Crippen LogP contribution in [0.25, 0.3) is 11.3 Å². The van der Waals surface area contributed by atoms with E-state index < -0.39 is 0 Å². The van der Waals surface area contributed by atoms with Gasteiger partial charge in [-0.1, -0.05) is 6.07 Å². The molecule has 0 radical (unpaired) electrons. The van der Waals surface area contributed by atoms with Crippen molar-refractivity contribution < 1.29 is 14.2 Å². The quantitative estimate of drug-likeness (QED) is 0.609. The van der Waals surface area contributed by atoms with E-state index in [1.807, 2.05) is 23.6 Å². The van der Waals surface area contributed by atoms with Crippen molar-refractivity contribution in [2.24, 2.45) is 0 Å². The smallest absolute Gasteiger partial charge is 0.253 e. The Hall–Kier alpha value is -1.96. The van der Waals surface area contributed by atoms with Gasteiger partial charge in [-0.15, -0.1) is 12.6 Å². The lowest BCUT2D eigenvalue weighted by atomic mass is 9.94. The zero-order valence-electron chi connectivity index (χ0n) is 15.4. The van der Waals surface area contributed by atoms with Crippen molar-refractivity contribution in [1.29, 1.82) is 0 Å². The molecule has 4 rings (SSSR count). The summed E-state index contributed by atoms with van der Waals surface area (Å²) in [7, 11) is 0. The van der Waals surface area contributed by atoms with Crippen LogP contribution in [0.4, 0.5) is 5.69 Å². The minimum Gasteiger partial charge on any atom is -0.483 e. The second-order valence-corrected chi connectivity index (χ2v) is 7.07. The Balaban J connectivity index is 1.69. The predicted molar refractivity (Wildman–Crippen MR) is 108 cm³/mol. The number of fused-ring (bicyclic) bond motifs is 3. The van der Waals surface area contributed by atoms with Crippen molar-refractivity contribution in [3.63, 3.8) is 0 Å². The molecule has 1 fully saturated rings. The lowest BCUT2D eigenvalue weighted by Crippen LogP contribution is -2.35. The summed E-state index contributed by atoms with van der Waals surface area (Å²) in [6, 6.07) is 7.72. The molecule has 1 atom stereocenters. The number of rotatable bonds is 5. The number of nitrogens with zero attached hydrogens (tertiary/aromatic N) is 1. The molecule has 0 spiro atoms. The number of thiol groups is 1. The zero-order chi connectivity index (χ0) is 18.8. The van der Waals surface area contributed by atoms with Crippen LogP contribution in [-0.2, 0) is 22.4 Å². The topological polar surface area (TPSA) is 61.7 Å². The second-order valence-electron chi connectivity index (χ2n) is 6.81. The van der Waals surface area contributed by atoms with E-state index in [0.717, 1.165) is 34.7 Å². The number of hydrogen-bond donors (Lipinski definition) is 2. The van der Waals surface area contributed by atoms with Gasteiger partial charge in [0.2, 0.25) is 0 Å². The summed E-state index contributed by atoms with van der Waals surface area (Å²) in [5.41, 5.74) is 5.13. The van der Waals surface area contributed by atoms with E-state index in [0.29, 0.717) is 38.8 Å². The maximum atomic E-state index is 12.7. The highest BCUT2D eigenvalue weighted by molar-refractivity contribution is 7.80. The third-order valence-electron chi connectivity index (χ3n) is 5.14. The lowest BCUT2D eigenvalue weighted by molar-refractivity contribution is -0.0818. The Morgan fingerprint density at radius 3 is 3.00 bits per heavy atom. The van der Waals surface area contributed by atoms with Crippen LogP contribution in [0.15, 0.2) is 29.1 Å². The van der Waals surface area contributed by atoms with Crippen LogP contribution in [0.3, 0.4) is 0 Å². The average Bonchev–Trinajstić information content (AvgIpc) is 2.70. The fourth-order valence-electron chi connectivity index (χ4n) is 3.77. The minimum atomic E-state index is -0.000358. The molecule has 3 heterocycles. The van der Waals surface area contributed by atoms with E-state index >= 15 is 0 Å². The summed E-state index contributed by atoms with van der Waals surface area (Å²) in [6.07, 6.45) is 0.836. The number of pyridine rings is 1. The standard InChI is InChI=1S/C20H24N2O4S/c1-13-18(21-10-16-11-24-6-7-25-16)9-19(23)22-5-4-14-2-3-15(26-12-27)8-17(14)20(13)22/h2-3,8-9,16,21,27H,4-7,10-12H2,1H3/t16-/m0/s1. The first-order valence-corrected chi connectivity index (χ1v) is 9.85. The normalized spacial score (nSPS) is 18.5. The highest BCUT2D eigenvalue weighted by Gasteiger charge is 2.22. The first-order chi connectivity index (χ1) is 13.2. The maximum absolute atomic E-state index is 12.7. The number of nitrogens with one attached hydrogen (secondary N) is 1. The predicted octanol–water partition coefficient (Wildman–Crippen LogP) is 2.47. The van der Waals surface area contributed by atoms with Gasteiger partial charge in [0.05, 0.1) is 31.6 Å². The fraction of sp³-hybridized carbons (Fsp3) is 0.450. The summed E-state index contributed by atoms with van der Waals surface area (Å²) in [4.78, 5) is 12.7. The van der Waals surface area contributed by atoms with E-state index in [4.69, 9.17) is 14.2 Å². The van der Waals surface area contributed by atoms with Gasteiger partial charge in [0, 0.05) is 30.4 Å². The minimum absolute atomic E-state index is 0.000358. The average molecular weight is 388 g/mol.